The fraction of sp³-hybridized carbons (Fsp3) is 0.385. The van der Waals surface area contributed by atoms with Crippen molar-refractivity contribution in [1.82, 2.24) is 0 Å². The zero-order chi connectivity index (χ0) is 19.0. The lowest BCUT2D eigenvalue weighted by Crippen LogP contribution is -2.12. The Hall–Kier alpha value is -2.08. The van der Waals surface area contributed by atoms with Crippen LogP contribution in [0, 0.1) is 13.8 Å². The van der Waals surface area contributed by atoms with E-state index < -0.39 is 0 Å². The van der Waals surface area contributed by atoms with Gasteiger partial charge in [0.2, 0.25) is 0 Å². The third-order valence-corrected chi connectivity index (χ3v) is 5.91. The van der Waals surface area contributed by atoms with Crippen LogP contribution in [-0.4, -0.2) is 0 Å². The van der Waals surface area contributed by atoms with Gasteiger partial charge in [-0.2, -0.15) is 0 Å². The predicted molar refractivity (Wildman–Crippen MR) is 117 cm³/mol. The average molecular weight is 343 g/mol. The monoisotopic (exact) mass is 342 g/mol. The third-order valence-electron chi connectivity index (χ3n) is 5.91. The number of hydrogen-bond acceptors (Lipinski definition) is 0. The third kappa shape index (κ3) is 2.50. The van der Waals surface area contributed by atoms with Gasteiger partial charge in [0.15, 0.2) is 0 Å². The highest BCUT2D eigenvalue weighted by Crippen LogP contribution is 2.42. The lowest BCUT2D eigenvalue weighted by molar-refractivity contribution is 0.591. The molecule has 0 aliphatic carbocycles. The Morgan fingerprint density at radius 2 is 0.846 bits per heavy atom. The average Bonchev–Trinajstić information content (AvgIpc) is 2.51. The molecule has 26 heavy (non-hydrogen) atoms. The minimum absolute atomic E-state index is 0.157. The van der Waals surface area contributed by atoms with Crippen molar-refractivity contribution in [2.75, 3.05) is 0 Å². The molecular formula is C26H30. The van der Waals surface area contributed by atoms with Crippen LogP contribution < -0.4 is 0 Å². The first kappa shape index (κ1) is 17.3. The highest BCUT2D eigenvalue weighted by Gasteiger charge is 2.21. The molecule has 0 saturated heterocycles. The maximum absolute atomic E-state index is 2.42. The Bertz CT molecular complexity index is 1050. The molecule has 0 aliphatic heterocycles. The van der Waals surface area contributed by atoms with Gasteiger partial charge in [-0.1, -0.05) is 77.9 Å². The summed E-state index contributed by atoms with van der Waals surface area (Å²) in [7, 11) is 0. The maximum Gasteiger partial charge on any atom is -0.00237 e. The molecule has 0 bridgehead atoms. The van der Waals surface area contributed by atoms with Crippen LogP contribution in [0.15, 0.2) is 36.4 Å². The van der Waals surface area contributed by atoms with Gasteiger partial charge < -0.3 is 0 Å². The normalized spacial score (nSPS) is 13.4. The summed E-state index contributed by atoms with van der Waals surface area (Å²) in [5.74, 6) is 0. The fourth-order valence-electron chi connectivity index (χ4n) is 4.22. The molecule has 4 aromatic carbocycles. The highest BCUT2D eigenvalue weighted by molar-refractivity contribution is 6.25. The predicted octanol–water partition coefficient (Wildman–Crippen LogP) is 7.80. The van der Waals surface area contributed by atoms with Crippen LogP contribution >= 0.6 is 0 Å². The molecule has 0 amide bonds. The van der Waals surface area contributed by atoms with E-state index in [0.717, 1.165) is 0 Å². The van der Waals surface area contributed by atoms with Gasteiger partial charge in [0.25, 0.3) is 0 Å². The smallest absolute Gasteiger partial charge is 0.00237 e. The van der Waals surface area contributed by atoms with Gasteiger partial charge in [0.05, 0.1) is 0 Å². The van der Waals surface area contributed by atoms with Crippen molar-refractivity contribution in [1.29, 1.82) is 0 Å². The Balaban J connectivity index is 2.24. The standard InChI is InChI=1S/C26H30/c1-15-9-17-11-20(26(6,7)8)14-22-16(2)10-18-12-19(25(3,4)5)13-21(15)23(18)24(17)22/h9-14H,1-8H3. The van der Waals surface area contributed by atoms with Crippen molar-refractivity contribution in [2.45, 2.75) is 66.2 Å². The van der Waals surface area contributed by atoms with Crippen LogP contribution in [0.3, 0.4) is 0 Å². The van der Waals surface area contributed by atoms with Crippen LogP contribution in [0.25, 0.3) is 32.3 Å². The SMILES string of the molecule is Cc1cc2cc(C(C)(C)C)cc3c(C)cc4cc(C(C)(C)C)cc1c4c23. The van der Waals surface area contributed by atoms with E-state index in [9.17, 15) is 0 Å². The molecule has 0 spiro atoms. The van der Waals surface area contributed by atoms with Crippen molar-refractivity contribution in [3.63, 3.8) is 0 Å². The quantitative estimate of drug-likeness (QED) is 0.286. The summed E-state index contributed by atoms with van der Waals surface area (Å²) < 4.78 is 0. The van der Waals surface area contributed by atoms with Crippen LogP contribution in [0.1, 0.15) is 63.8 Å². The molecule has 134 valence electrons. The summed E-state index contributed by atoms with van der Waals surface area (Å²) in [4.78, 5) is 0. The van der Waals surface area contributed by atoms with Crippen LogP contribution in [0.4, 0.5) is 0 Å². The first-order chi connectivity index (χ1) is 12.0. The molecule has 0 saturated carbocycles. The van der Waals surface area contributed by atoms with E-state index in [2.05, 4.69) is 91.8 Å². The van der Waals surface area contributed by atoms with Gasteiger partial charge >= 0.3 is 0 Å². The molecule has 0 N–H and O–H groups in total. The van der Waals surface area contributed by atoms with Crippen molar-refractivity contribution >= 4 is 32.3 Å². The van der Waals surface area contributed by atoms with E-state index in [4.69, 9.17) is 0 Å². The number of rotatable bonds is 0. The minimum atomic E-state index is 0.157. The fourth-order valence-corrected chi connectivity index (χ4v) is 4.22. The first-order valence-corrected chi connectivity index (χ1v) is 9.71. The minimum Gasteiger partial charge on any atom is -0.0561 e. The first-order valence-electron chi connectivity index (χ1n) is 9.71. The van der Waals surface area contributed by atoms with Gasteiger partial charge in [0.1, 0.15) is 0 Å². The summed E-state index contributed by atoms with van der Waals surface area (Å²) in [6.45, 7) is 18.3. The van der Waals surface area contributed by atoms with Gasteiger partial charge in [-0.3, -0.25) is 0 Å². The molecule has 0 heteroatoms. The maximum atomic E-state index is 2.42. The number of aryl methyl sites for hydroxylation is 2. The van der Waals surface area contributed by atoms with Crippen molar-refractivity contribution in [3.8, 4) is 0 Å². The zero-order valence-corrected chi connectivity index (χ0v) is 17.5. The molecule has 0 atom stereocenters. The summed E-state index contributed by atoms with van der Waals surface area (Å²) in [5.41, 5.74) is 5.91. The zero-order valence-electron chi connectivity index (χ0n) is 17.5. The van der Waals surface area contributed by atoms with Crippen LogP contribution in [-0.2, 0) is 10.8 Å². The van der Waals surface area contributed by atoms with E-state index in [0.29, 0.717) is 0 Å². The van der Waals surface area contributed by atoms with Gasteiger partial charge in [-0.15, -0.1) is 0 Å². The number of hydrogen-bond donors (Lipinski definition) is 0. The van der Waals surface area contributed by atoms with Crippen molar-refractivity contribution < 1.29 is 0 Å². The molecule has 0 nitrogen and oxygen atoms in total. The summed E-state index contributed by atoms with van der Waals surface area (Å²) in [5, 5.41) is 8.47. The molecule has 0 unspecified atom stereocenters. The second-order valence-electron chi connectivity index (χ2n) is 10.1. The van der Waals surface area contributed by atoms with Crippen LogP contribution in [0.2, 0.25) is 0 Å². The van der Waals surface area contributed by atoms with Crippen LogP contribution in [0.5, 0.6) is 0 Å². The molecule has 0 fully saturated rings. The molecular weight excluding hydrogens is 312 g/mol. The molecule has 0 heterocycles. The van der Waals surface area contributed by atoms with Crippen molar-refractivity contribution in [3.05, 3.63) is 58.7 Å². The molecule has 4 rings (SSSR count). The largest absolute Gasteiger partial charge is 0.0561 e. The highest BCUT2D eigenvalue weighted by atomic mass is 14.2. The van der Waals surface area contributed by atoms with E-state index >= 15 is 0 Å². The molecule has 0 radical (unpaired) electrons. The van der Waals surface area contributed by atoms with Crippen molar-refractivity contribution in [2.24, 2.45) is 0 Å². The van der Waals surface area contributed by atoms with E-state index in [1.165, 1.54) is 54.6 Å². The van der Waals surface area contributed by atoms with Gasteiger partial charge in [-0.25, -0.2) is 0 Å². The Labute approximate surface area is 157 Å². The molecule has 0 aromatic heterocycles. The summed E-state index contributed by atoms with van der Waals surface area (Å²) in [6, 6.07) is 14.4. The Morgan fingerprint density at radius 3 is 1.15 bits per heavy atom. The second-order valence-corrected chi connectivity index (χ2v) is 10.1. The number of benzene rings is 4. The lowest BCUT2D eigenvalue weighted by atomic mass is 9.79. The summed E-state index contributed by atoms with van der Waals surface area (Å²) in [6.07, 6.45) is 0. The Kier molecular flexibility index (Phi) is 3.48. The van der Waals surface area contributed by atoms with E-state index in [1.54, 1.807) is 0 Å². The topological polar surface area (TPSA) is 0 Å². The van der Waals surface area contributed by atoms with Gasteiger partial charge in [0, 0.05) is 0 Å². The van der Waals surface area contributed by atoms with E-state index in [1.807, 2.05) is 0 Å². The summed E-state index contributed by atoms with van der Waals surface area (Å²) >= 11 is 0. The Morgan fingerprint density at radius 1 is 0.500 bits per heavy atom. The van der Waals surface area contributed by atoms with Gasteiger partial charge in [-0.05, 0) is 79.2 Å². The molecule has 0 aliphatic rings. The van der Waals surface area contributed by atoms with E-state index in [-0.39, 0.29) is 10.8 Å². The lowest BCUT2D eigenvalue weighted by Gasteiger charge is -2.25. The molecule has 4 aromatic rings. The second kappa shape index (κ2) is 5.22.